The van der Waals surface area contributed by atoms with E-state index in [4.69, 9.17) is 9.52 Å². The molecule has 0 saturated carbocycles. The summed E-state index contributed by atoms with van der Waals surface area (Å²) in [6, 6.07) is 2.39. The molecule has 1 N–H and O–H groups in total. The van der Waals surface area contributed by atoms with Gasteiger partial charge in [0.1, 0.15) is 5.76 Å². The van der Waals surface area contributed by atoms with Crippen molar-refractivity contribution in [2.24, 2.45) is 5.92 Å². The predicted octanol–water partition coefficient (Wildman–Crippen LogP) is 1.21. The van der Waals surface area contributed by atoms with Crippen molar-refractivity contribution in [1.82, 2.24) is 4.31 Å². The monoisotopic (exact) mass is 285 g/mol. The minimum Gasteiger partial charge on any atom is -0.481 e. The first-order valence-electron chi connectivity index (χ1n) is 6.24. The van der Waals surface area contributed by atoms with Gasteiger partial charge in [-0.25, -0.2) is 8.42 Å². The molecule has 2 aliphatic heterocycles. The van der Waals surface area contributed by atoms with Crippen molar-refractivity contribution >= 4 is 16.0 Å². The van der Waals surface area contributed by atoms with E-state index in [1.807, 2.05) is 0 Å². The minimum absolute atomic E-state index is 0.0899. The molecule has 0 aliphatic carbocycles. The standard InChI is InChI=1S/C12H15NO5S/c1-7-2-5-11(18-7)19(16,17)13-8-3-4-10(13)9(6-8)12(14)15/h2,5,8-10H,3-4,6H2,1H3,(H,14,15). The highest BCUT2D eigenvalue weighted by atomic mass is 32.2. The molecule has 3 unspecified atom stereocenters. The van der Waals surface area contributed by atoms with E-state index < -0.39 is 28.0 Å². The minimum atomic E-state index is -3.72. The van der Waals surface area contributed by atoms with Crippen molar-refractivity contribution in [3.05, 3.63) is 17.9 Å². The van der Waals surface area contributed by atoms with Crippen molar-refractivity contribution in [3.63, 3.8) is 0 Å². The van der Waals surface area contributed by atoms with Crippen LogP contribution in [0, 0.1) is 12.8 Å². The van der Waals surface area contributed by atoms with E-state index in [1.165, 1.54) is 10.4 Å². The number of aliphatic carboxylic acids is 1. The summed E-state index contributed by atoms with van der Waals surface area (Å²) in [5.41, 5.74) is 0. The third-order valence-electron chi connectivity index (χ3n) is 4.04. The van der Waals surface area contributed by atoms with Crippen LogP contribution in [0.1, 0.15) is 25.0 Å². The van der Waals surface area contributed by atoms with Crippen LogP contribution < -0.4 is 0 Å². The van der Waals surface area contributed by atoms with E-state index in [0.29, 0.717) is 18.6 Å². The Morgan fingerprint density at radius 1 is 1.42 bits per heavy atom. The second-order valence-corrected chi connectivity index (χ2v) is 6.95. The fourth-order valence-electron chi connectivity index (χ4n) is 3.23. The first-order chi connectivity index (χ1) is 8.91. The van der Waals surface area contributed by atoms with Gasteiger partial charge < -0.3 is 9.52 Å². The first-order valence-corrected chi connectivity index (χ1v) is 7.68. The molecule has 1 aromatic heterocycles. The molecule has 0 spiro atoms. The maximum absolute atomic E-state index is 12.5. The fourth-order valence-corrected chi connectivity index (χ4v) is 5.11. The van der Waals surface area contributed by atoms with Crippen LogP contribution in [0.15, 0.2) is 21.6 Å². The zero-order valence-electron chi connectivity index (χ0n) is 10.4. The van der Waals surface area contributed by atoms with E-state index in [0.717, 1.165) is 6.42 Å². The van der Waals surface area contributed by atoms with Gasteiger partial charge in [-0.1, -0.05) is 0 Å². The Hall–Kier alpha value is -1.34. The average molecular weight is 285 g/mol. The number of aryl methyl sites for hydroxylation is 1. The lowest BCUT2D eigenvalue weighted by Crippen LogP contribution is -2.37. The van der Waals surface area contributed by atoms with Gasteiger partial charge in [-0.2, -0.15) is 4.31 Å². The number of hydrogen-bond donors (Lipinski definition) is 1. The number of carboxylic acids is 1. The molecule has 19 heavy (non-hydrogen) atoms. The van der Waals surface area contributed by atoms with Gasteiger partial charge in [-0.05, 0) is 38.3 Å². The lowest BCUT2D eigenvalue weighted by molar-refractivity contribution is -0.142. The Morgan fingerprint density at radius 2 is 2.16 bits per heavy atom. The van der Waals surface area contributed by atoms with Crippen LogP contribution in [-0.4, -0.2) is 35.9 Å². The Morgan fingerprint density at radius 3 is 2.68 bits per heavy atom. The Kier molecular flexibility index (Phi) is 2.72. The van der Waals surface area contributed by atoms with E-state index in [1.54, 1.807) is 13.0 Å². The normalized spacial score (nSPS) is 30.9. The summed E-state index contributed by atoms with van der Waals surface area (Å²) in [5.74, 6) is -0.979. The van der Waals surface area contributed by atoms with Crippen molar-refractivity contribution in [3.8, 4) is 0 Å². The van der Waals surface area contributed by atoms with Crippen LogP contribution >= 0.6 is 0 Å². The molecular formula is C12H15NO5S. The van der Waals surface area contributed by atoms with E-state index in [-0.39, 0.29) is 11.1 Å². The molecule has 2 fully saturated rings. The summed E-state index contributed by atoms with van der Waals surface area (Å²) in [4.78, 5) is 11.2. The zero-order chi connectivity index (χ0) is 13.8. The zero-order valence-corrected chi connectivity index (χ0v) is 11.3. The molecule has 104 valence electrons. The fraction of sp³-hybridized carbons (Fsp3) is 0.583. The highest BCUT2D eigenvalue weighted by Gasteiger charge is 2.55. The summed E-state index contributed by atoms with van der Waals surface area (Å²) in [6.07, 6.45) is 1.74. The van der Waals surface area contributed by atoms with Gasteiger partial charge in [0.15, 0.2) is 0 Å². The van der Waals surface area contributed by atoms with Crippen LogP contribution in [0.25, 0.3) is 0 Å². The maximum Gasteiger partial charge on any atom is 0.308 e. The van der Waals surface area contributed by atoms with Crippen molar-refractivity contribution in [1.29, 1.82) is 0 Å². The van der Waals surface area contributed by atoms with E-state index >= 15 is 0 Å². The number of carbonyl (C=O) groups is 1. The molecule has 0 aromatic carbocycles. The van der Waals surface area contributed by atoms with Crippen LogP contribution in [-0.2, 0) is 14.8 Å². The average Bonchev–Trinajstić information content (AvgIpc) is 3.01. The topological polar surface area (TPSA) is 87.8 Å². The molecule has 2 saturated heterocycles. The smallest absolute Gasteiger partial charge is 0.308 e. The summed E-state index contributed by atoms with van der Waals surface area (Å²) in [5, 5.41) is 9.06. The summed E-state index contributed by atoms with van der Waals surface area (Å²) < 4.78 is 31.6. The van der Waals surface area contributed by atoms with Gasteiger partial charge in [0.2, 0.25) is 5.09 Å². The number of rotatable bonds is 3. The SMILES string of the molecule is Cc1ccc(S(=O)(=O)N2C3CCC2C(C(=O)O)C3)o1. The molecule has 2 bridgehead atoms. The van der Waals surface area contributed by atoms with Gasteiger partial charge in [0.25, 0.3) is 10.0 Å². The second-order valence-electron chi connectivity index (χ2n) is 5.18. The summed E-state index contributed by atoms with van der Waals surface area (Å²) >= 11 is 0. The Labute approximate surface area is 111 Å². The van der Waals surface area contributed by atoms with Gasteiger partial charge in [-0.3, -0.25) is 4.79 Å². The third-order valence-corrected chi connectivity index (χ3v) is 5.89. The lowest BCUT2D eigenvalue weighted by atomic mass is 9.89. The Bertz CT molecular complexity index is 620. The number of carboxylic acid groups (broad SMARTS) is 1. The molecule has 1 aromatic rings. The molecular weight excluding hydrogens is 270 g/mol. The molecule has 3 rings (SSSR count). The highest BCUT2D eigenvalue weighted by Crippen LogP contribution is 2.45. The molecule has 2 aliphatic rings. The molecule has 3 heterocycles. The van der Waals surface area contributed by atoms with Crippen molar-refractivity contribution in [2.75, 3.05) is 0 Å². The van der Waals surface area contributed by atoms with Crippen LogP contribution in [0.3, 0.4) is 0 Å². The number of furan rings is 1. The second kappa shape index (κ2) is 4.08. The van der Waals surface area contributed by atoms with Crippen LogP contribution in [0.2, 0.25) is 0 Å². The van der Waals surface area contributed by atoms with Crippen molar-refractivity contribution in [2.45, 2.75) is 43.4 Å². The van der Waals surface area contributed by atoms with Gasteiger partial charge in [-0.15, -0.1) is 0 Å². The largest absolute Gasteiger partial charge is 0.481 e. The molecule has 6 nitrogen and oxygen atoms in total. The number of fused-ring (bicyclic) bond motifs is 2. The quantitative estimate of drug-likeness (QED) is 0.902. The van der Waals surface area contributed by atoms with Crippen molar-refractivity contribution < 1.29 is 22.7 Å². The Balaban J connectivity index is 1.97. The van der Waals surface area contributed by atoms with E-state index in [2.05, 4.69) is 0 Å². The van der Waals surface area contributed by atoms with Gasteiger partial charge >= 0.3 is 5.97 Å². The third kappa shape index (κ3) is 1.80. The number of sulfonamides is 1. The van der Waals surface area contributed by atoms with Crippen LogP contribution in [0.4, 0.5) is 0 Å². The molecule has 7 heteroatoms. The van der Waals surface area contributed by atoms with Gasteiger partial charge in [0.05, 0.1) is 5.92 Å². The number of hydrogen-bond acceptors (Lipinski definition) is 4. The van der Waals surface area contributed by atoms with Gasteiger partial charge in [0, 0.05) is 12.1 Å². The highest BCUT2D eigenvalue weighted by molar-refractivity contribution is 7.89. The molecule has 3 atom stereocenters. The molecule has 0 amide bonds. The van der Waals surface area contributed by atoms with Crippen LogP contribution in [0.5, 0.6) is 0 Å². The molecule has 0 radical (unpaired) electrons. The first kappa shape index (κ1) is 12.7. The van der Waals surface area contributed by atoms with E-state index in [9.17, 15) is 13.2 Å². The summed E-state index contributed by atoms with van der Waals surface area (Å²) in [6.45, 7) is 1.68. The maximum atomic E-state index is 12.5. The number of nitrogens with zero attached hydrogens (tertiary/aromatic N) is 1. The summed E-state index contributed by atoms with van der Waals surface area (Å²) in [7, 11) is -3.72. The lowest BCUT2D eigenvalue weighted by Gasteiger charge is -2.20. The predicted molar refractivity (Wildman–Crippen MR) is 65.0 cm³/mol.